The molecule has 2 N–H and O–H groups in total. The van der Waals surface area contributed by atoms with Crippen LogP contribution in [-0.2, 0) is 29.2 Å². The Morgan fingerprint density at radius 2 is 1.89 bits per heavy atom. The van der Waals surface area contributed by atoms with Crippen LogP contribution < -0.4 is 5.46 Å². The van der Waals surface area contributed by atoms with Crippen molar-refractivity contribution in [2.45, 2.75) is 51.9 Å². The quantitative estimate of drug-likeness (QED) is 0.284. The highest BCUT2D eigenvalue weighted by atomic mass is 28.3. The number of carbonyl (C=O) groups is 1. The molecule has 36 heavy (non-hydrogen) atoms. The number of hydrogen-bond acceptors (Lipinski definition) is 6. The third kappa shape index (κ3) is 7.63. The highest BCUT2D eigenvalue weighted by Gasteiger charge is 2.24. The zero-order valence-corrected chi connectivity index (χ0v) is 22.4. The van der Waals surface area contributed by atoms with Crippen LogP contribution >= 0.6 is 0 Å². The number of hydrogen-bond donors (Lipinski definition) is 2. The summed E-state index contributed by atoms with van der Waals surface area (Å²) in [4.78, 5) is 13.9. The first-order valence-corrected chi connectivity index (χ1v) is 15.8. The molecular weight excluding hydrogens is 480 g/mol. The van der Waals surface area contributed by atoms with Crippen molar-refractivity contribution < 1.29 is 28.7 Å². The lowest BCUT2D eigenvalue weighted by Gasteiger charge is -2.18. The van der Waals surface area contributed by atoms with Crippen molar-refractivity contribution in [1.29, 1.82) is 0 Å². The van der Waals surface area contributed by atoms with Crippen molar-refractivity contribution in [3.8, 4) is 0 Å². The number of benzene rings is 2. The standard InChI is InChI=1S/C25H35BFN3O5Si/c1-29(25(31)35-17-19-9-6-5-7-10-19)14-8-11-22-23-20(26(32)33)12-13-21(27)24(23)28-30(22)18-34-15-16-36(2,3)4/h5-7,9-10,12-13,32-33H,8,11,14-18H2,1-4H3. The van der Waals surface area contributed by atoms with Gasteiger partial charge in [-0.25, -0.2) is 13.9 Å². The molecule has 0 unspecified atom stereocenters. The number of amides is 1. The summed E-state index contributed by atoms with van der Waals surface area (Å²) in [5.41, 5.74) is 1.79. The maximum atomic E-state index is 14.6. The Balaban J connectivity index is 1.70. The lowest BCUT2D eigenvalue weighted by atomic mass is 9.77. The van der Waals surface area contributed by atoms with E-state index in [1.807, 2.05) is 30.3 Å². The maximum absolute atomic E-state index is 14.6. The van der Waals surface area contributed by atoms with Gasteiger partial charge in [-0.2, -0.15) is 5.10 Å². The molecule has 8 nitrogen and oxygen atoms in total. The van der Waals surface area contributed by atoms with Gasteiger partial charge < -0.3 is 24.4 Å². The summed E-state index contributed by atoms with van der Waals surface area (Å²) in [5.74, 6) is -0.543. The Hall–Kier alpha value is -2.73. The third-order valence-electron chi connectivity index (χ3n) is 5.89. The Morgan fingerprint density at radius 3 is 2.56 bits per heavy atom. The smallest absolute Gasteiger partial charge is 0.445 e. The Kier molecular flexibility index (Phi) is 9.66. The fourth-order valence-corrected chi connectivity index (χ4v) is 4.56. The molecule has 0 saturated heterocycles. The fraction of sp³-hybridized carbons (Fsp3) is 0.440. The first kappa shape index (κ1) is 27.9. The second-order valence-electron chi connectivity index (χ2n) is 10.1. The van der Waals surface area contributed by atoms with Gasteiger partial charge in [-0.1, -0.05) is 56.0 Å². The molecule has 1 aromatic heterocycles. The molecule has 2 aromatic carbocycles. The zero-order valence-electron chi connectivity index (χ0n) is 21.4. The minimum atomic E-state index is -1.77. The van der Waals surface area contributed by atoms with E-state index in [9.17, 15) is 19.2 Å². The van der Waals surface area contributed by atoms with Gasteiger partial charge in [-0.05, 0) is 36.0 Å². The molecule has 1 amide bonds. The highest BCUT2D eigenvalue weighted by Crippen LogP contribution is 2.22. The van der Waals surface area contributed by atoms with Gasteiger partial charge in [-0.15, -0.1) is 0 Å². The summed E-state index contributed by atoms with van der Waals surface area (Å²) in [6, 6.07) is 13.0. The van der Waals surface area contributed by atoms with Gasteiger partial charge in [0, 0.05) is 39.4 Å². The summed E-state index contributed by atoms with van der Waals surface area (Å²) in [5, 5.41) is 24.5. The molecule has 3 rings (SSSR count). The number of nitrogens with zero attached hydrogens (tertiary/aromatic N) is 3. The topological polar surface area (TPSA) is 97.0 Å². The number of halogens is 1. The van der Waals surface area contributed by atoms with E-state index in [2.05, 4.69) is 24.7 Å². The van der Waals surface area contributed by atoms with Gasteiger partial charge >= 0.3 is 13.2 Å². The number of aromatic nitrogens is 2. The highest BCUT2D eigenvalue weighted by molar-refractivity contribution is 6.76. The first-order valence-electron chi connectivity index (χ1n) is 12.1. The van der Waals surface area contributed by atoms with E-state index in [0.29, 0.717) is 37.1 Å². The van der Waals surface area contributed by atoms with Crippen molar-refractivity contribution in [2.75, 3.05) is 20.2 Å². The molecule has 0 saturated carbocycles. The SMILES string of the molecule is CN(CCCc1c2c(B(O)O)ccc(F)c2nn1COCC[Si](C)(C)C)C(=O)OCc1ccccc1. The van der Waals surface area contributed by atoms with Crippen molar-refractivity contribution in [1.82, 2.24) is 14.7 Å². The number of ether oxygens (including phenoxy) is 2. The molecule has 11 heteroatoms. The van der Waals surface area contributed by atoms with Gasteiger partial charge in [0.2, 0.25) is 0 Å². The third-order valence-corrected chi connectivity index (χ3v) is 7.60. The van der Waals surface area contributed by atoms with E-state index in [0.717, 1.165) is 11.6 Å². The number of rotatable bonds is 12. The predicted octanol–water partition coefficient (Wildman–Crippen LogP) is 3.37. The molecule has 3 aromatic rings. The minimum Gasteiger partial charge on any atom is -0.445 e. The molecule has 0 fully saturated rings. The van der Waals surface area contributed by atoms with E-state index >= 15 is 0 Å². The zero-order chi connectivity index (χ0) is 26.3. The molecule has 194 valence electrons. The normalized spacial score (nSPS) is 11.6. The van der Waals surface area contributed by atoms with Crippen molar-refractivity contribution >= 4 is 37.7 Å². The van der Waals surface area contributed by atoms with Gasteiger partial charge in [0.15, 0.2) is 5.82 Å². The average molecular weight is 515 g/mol. The Labute approximate surface area is 212 Å². The predicted molar refractivity (Wildman–Crippen MR) is 141 cm³/mol. The molecule has 0 aliphatic heterocycles. The maximum Gasteiger partial charge on any atom is 0.489 e. The fourth-order valence-electron chi connectivity index (χ4n) is 3.80. The monoisotopic (exact) mass is 515 g/mol. The van der Waals surface area contributed by atoms with Gasteiger partial charge in [-0.3, -0.25) is 0 Å². The second-order valence-corrected chi connectivity index (χ2v) is 15.7. The van der Waals surface area contributed by atoms with Crippen molar-refractivity contribution in [2.24, 2.45) is 0 Å². The van der Waals surface area contributed by atoms with Crippen LogP contribution in [0.15, 0.2) is 42.5 Å². The largest absolute Gasteiger partial charge is 0.489 e. The molecule has 0 aliphatic carbocycles. The van der Waals surface area contributed by atoms with Gasteiger partial charge in [0.1, 0.15) is 18.9 Å². The lowest BCUT2D eigenvalue weighted by Crippen LogP contribution is -2.31. The summed E-state index contributed by atoms with van der Waals surface area (Å²) in [6.07, 6.45) is 0.515. The number of aryl methyl sites for hydroxylation is 1. The van der Waals surface area contributed by atoms with Crippen LogP contribution in [-0.4, -0.2) is 66.2 Å². The number of fused-ring (bicyclic) bond motifs is 1. The first-order chi connectivity index (χ1) is 17.1. The van der Waals surface area contributed by atoms with Gasteiger partial charge in [0.05, 0.1) is 0 Å². The van der Waals surface area contributed by atoms with Crippen LogP contribution in [0, 0.1) is 5.82 Å². The van der Waals surface area contributed by atoms with Crippen LogP contribution in [0.1, 0.15) is 17.7 Å². The van der Waals surface area contributed by atoms with Crippen LogP contribution in [0.5, 0.6) is 0 Å². The van der Waals surface area contributed by atoms with Crippen molar-refractivity contribution in [3.63, 3.8) is 0 Å². The van der Waals surface area contributed by atoms with Crippen LogP contribution in [0.25, 0.3) is 10.9 Å². The molecule has 0 aliphatic rings. The lowest BCUT2D eigenvalue weighted by molar-refractivity contribution is 0.0767. The van der Waals surface area contributed by atoms with Crippen LogP contribution in [0.2, 0.25) is 25.7 Å². The van der Waals surface area contributed by atoms with E-state index in [-0.39, 0.29) is 24.3 Å². The molecule has 0 radical (unpaired) electrons. The second kappa shape index (κ2) is 12.5. The molecule has 0 bridgehead atoms. The number of carbonyl (C=O) groups excluding carboxylic acids is 1. The van der Waals surface area contributed by atoms with E-state index in [1.54, 1.807) is 11.7 Å². The summed E-state index contributed by atoms with van der Waals surface area (Å²) < 4.78 is 27.4. The minimum absolute atomic E-state index is 0.0695. The van der Waals surface area contributed by atoms with Gasteiger partial charge in [0.25, 0.3) is 0 Å². The Morgan fingerprint density at radius 1 is 1.17 bits per heavy atom. The molecular formula is C25H35BFN3O5Si. The summed E-state index contributed by atoms with van der Waals surface area (Å²) in [7, 11) is -1.39. The van der Waals surface area contributed by atoms with Crippen LogP contribution in [0.4, 0.5) is 9.18 Å². The van der Waals surface area contributed by atoms with Crippen molar-refractivity contribution in [3.05, 3.63) is 59.5 Å². The summed E-state index contributed by atoms with van der Waals surface area (Å²) in [6.45, 7) is 8.06. The van der Waals surface area contributed by atoms with Crippen LogP contribution in [0.3, 0.4) is 0 Å². The van der Waals surface area contributed by atoms with E-state index in [4.69, 9.17) is 9.47 Å². The summed E-state index contributed by atoms with van der Waals surface area (Å²) >= 11 is 0. The molecule has 0 atom stereocenters. The van der Waals surface area contributed by atoms with E-state index in [1.165, 1.54) is 17.0 Å². The van der Waals surface area contributed by atoms with E-state index < -0.39 is 27.1 Å². The Bertz CT molecular complexity index is 1150. The molecule has 0 spiro atoms. The molecule has 1 heterocycles. The average Bonchev–Trinajstić information content (AvgIpc) is 3.19.